The number of anilines is 2. The highest BCUT2D eigenvalue weighted by Crippen LogP contribution is 2.37. The fourth-order valence-electron chi connectivity index (χ4n) is 2.94. The summed E-state index contributed by atoms with van der Waals surface area (Å²) in [7, 11) is 3.89. The zero-order valence-electron chi connectivity index (χ0n) is 15.0. The highest BCUT2D eigenvalue weighted by molar-refractivity contribution is 6.05. The van der Waals surface area contributed by atoms with Gasteiger partial charge in [0.1, 0.15) is 0 Å². The Labute approximate surface area is 148 Å². The van der Waals surface area contributed by atoms with Gasteiger partial charge < -0.3 is 15.5 Å². The summed E-state index contributed by atoms with van der Waals surface area (Å²) >= 11 is 0. The number of carbonyl (C=O) groups excluding carboxylic acids is 2. The lowest BCUT2D eigenvalue weighted by molar-refractivity contribution is -0.119. The van der Waals surface area contributed by atoms with Crippen LogP contribution in [-0.2, 0) is 16.8 Å². The molecule has 0 unspecified atom stereocenters. The van der Waals surface area contributed by atoms with Crippen LogP contribution in [0.1, 0.15) is 35.3 Å². The van der Waals surface area contributed by atoms with Crippen molar-refractivity contribution in [2.45, 2.75) is 25.8 Å². The van der Waals surface area contributed by atoms with Crippen LogP contribution in [0.3, 0.4) is 0 Å². The van der Waals surface area contributed by atoms with E-state index in [9.17, 15) is 9.59 Å². The van der Waals surface area contributed by atoms with Crippen molar-refractivity contribution in [2.75, 3.05) is 24.3 Å². The minimum absolute atomic E-state index is 0.00388. The first-order valence-electron chi connectivity index (χ1n) is 8.29. The molecule has 0 fully saturated rings. The van der Waals surface area contributed by atoms with Gasteiger partial charge in [0.05, 0.1) is 5.41 Å². The number of hydrogen-bond donors (Lipinski definition) is 2. The SMILES string of the molecule is CN(C)c1cccc(C(=O)NCc2ccc3c(c2)C(C)(C)C(=O)N3)c1. The summed E-state index contributed by atoms with van der Waals surface area (Å²) in [5, 5.41) is 5.84. The minimum atomic E-state index is -0.546. The number of amides is 2. The molecule has 0 spiro atoms. The van der Waals surface area contributed by atoms with Crippen molar-refractivity contribution in [3.8, 4) is 0 Å². The van der Waals surface area contributed by atoms with E-state index in [0.29, 0.717) is 12.1 Å². The molecule has 0 saturated heterocycles. The van der Waals surface area contributed by atoms with E-state index in [1.807, 2.05) is 69.2 Å². The van der Waals surface area contributed by atoms with Crippen LogP contribution in [0, 0.1) is 0 Å². The number of nitrogens with one attached hydrogen (secondary N) is 2. The van der Waals surface area contributed by atoms with Gasteiger partial charge in [-0.25, -0.2) is 0 Å². The largest absolute Gasteiger partial charge is 0.378 e. The van der Waals surface area contributed by atoms with Crippen molar-refractivity contribution in [3.05, 3.63) is 59.2 Å². The Hall–Kier alpha value is -2.82. The second-order valence-electron chi connectivity index (χ2n) is 7.09. The molecule has 1 aliphatic heterocycles. The molecular weight excluding hydrogens is 314 g/mol. The lowest BCUT2D eigenvalue weighted by atomic mass is 9.85. The van der Waals surface area contributed by atoms with Crippen molar-refractivity contribution >= 4 is 23.2 Å². The van der Waals surface area contributed by atoms with Crippen LogP contribution < -0.4 is 15.5 Å². The van der Waals surface area contributed by atoms with Crippen LogP contribution in [0.4, 0.5) is 11.4 Å². The van der Waals surface area contributed by atoms with Crippen LogP contribution >= 0.6 is 0 Å². The summed E-state index contributed by atoms with van der Waals surface area (Å²) < 4.78 is 0. The third-order valence-corrected chi connectivity index (χ3v) is 4.65. The minimum Gasteiger partial charge on any atom is -0.378 e. The summed E-state index contributed by atoms with van der Waals surface area (Å²) in [6.45, 7) is 4.23. The molecular formula is C20H23N3O2. The van der Waals surface area contributed by atoms with E-state index in [0.717, 1.165) is 22.5 Å². The first kappa shape index (κ1) is 17.0. The molecule has 1 aliphatic rings. The van der Waals surface area contributed by atoms with E-state index in [4.69, 9.17) is 0 Å². The number of rotatable bonds is 4. The molecule has 0 saturated carbocycles. The Morgan fingerprint density at radius 2 is 1.92 bits per heavy atom. The zero-order valence-corrected chi connectivity index (χ0v) is 15.0. The number of hydrogen-bond acceptors (Lipinski definition) is 3. The normalized spacial score (nSPS) is 14.6. The molecule has 0 aliphatic carbocycles. The summed E-state index contributed by atoms with van der Waals surface area (Å²) in [6.07, 6.45) is 0. The first-order valence-corrected chi connectivity index (χ1v) is 8.29. The summed E-state index contributed by atoms with van der Waals surface area (Å²) in [5.74, 6) is -0.109. The average molecular weight is 337 g/mol. The highest BCUT2D eigenvalue weighted by Gasteiger charge is 2.38. The van der Waals surface area contributed by atoms with Crippen molar-refractivity contribution in [2.24, 2.45) is 0 Å². The molecule has 0 radical (unpaired) electrons. The van der Waals surface area contributed by atoms with Crippen molar-refractivity contribution in [1.82, 2.24) is 5.32 Å². The van der Waals surface area contributed by atoms with Gasteiger partial charge in [-0.1, -0.05) is 18.2 Å². The molecule has 130 valence electrons. The van der Waals surface area contributed by atoms with Gasteiger partial charge >= 0.3 is 0 Å². The number of fused-ring (bicyclic) bond motifs is 1. The molecule has 0 aromatic heterocycles. The van der Waals surface area contributed by atoms with Crippen LogP contribution in [0.25, 0.3) is 0 Å². The van der Waals surface area contributed by atoms with Crippen molar-refractivity contribution in [3.63, 3.8) is 0 Å². The van der Waals surface area contributed by atoms with E-state index in [2.05, 4.69) is 10.6 Å². The molecule has 1 heterocycles. The maximum atomic E-state index is 12.4. The lowest BCUT2D eigenvalue weighted by Gasteiger charge is -2.16. The second kappa shape index (κ2) is 6.24. The molecule has 25 heavy (non-hydrogen) atoms. The van der Waals surface area contributed by atoms with E-state index in [1.165, 1.54) is 0 Å². The van der Waals surface area contributed by atoms with Gasteiger partial charge in [0.25, 0.3) is 5.91 Å². The van der Waals surface area contributed by atoms with Crippen LogP contribution in [0.2, 0.25) is 0 Å². The van der Waals surface area contributed by atoms with Crippen molar-refractivity contribution < 1.29 is 9.59 Å². The van der Waals surface area contributed by atoms with E-state index >= 15 is 0 Å². The Morgan fingerprint density at radius 3 is 2.64 bits per heavy atom. The second-order valence-corrected chi connectivity index (χ2v) is 7.09. The molecule has 5 heteroatoms. The Kier molecular flexibility index (Phi) is 4.25. The maximum absolute atomic E-state index is 12.4. The smallest absolute Gasteiger partial charge is 0.251 e. The van der Waals surface area contributed by atoms with Gasteiger partial charge in [0.15, 0.2) is 0 Å². The standard InChI is InChI=1S/C20H23N3O2/c1-20(2)16-10-13(8-9-17(16)22-19(20)25)12-21-18(24)14-6-5-7-15(11-14)23(3)4/h5-11H,12H2,1-4H3,(H,21,24)(H,22,25). The number of nitrogens with zero attached hydrogens (tertiary/aromatic N) is 1. The predicted molar refractivity (Wildman–Crippen MR) is 100 cm³/mol. The Bertz CT molecular complexity index is 841. The monoisotopic (exact) mass is 337 g/mol. The van der Waals surface area contributed by atoms with Gasteiger partial charge in [-0.3, -0.25) is 9.59 Å². The molecule has 3 rings (SSSR count). The molecule has 0 atom stereocenters. The Balaban J connectivity index is 1.73. The van der Waals surface area contributed by atoms with Crippen LogP contribution in [0.5, 0.6) is 0 Å². The predicted octanol–water partition coefficient (Wildman–Crippen LogP) is 2.91. The summed E-state index contributed by atoms with van der Waals surface area (Å²) in [6, 6.07) is 13.3. The molecule has 2 aromatic rings. The van der Waals surface area contributed by atoms with E-state index in [-0.39, 0.29) is 11.8 Å². The van der Waals surface area contributed by atoms with E-state index in [1.54, 1.807) is 6.07 Å². The highest BCUT2D eigenvalue weighted by atomic mass is 16.2. The molecule has 2 amide bonds. The van der Waals surface area contributed by atoms with Gasteiger partial charge in [-0.2, -0.15) is 0 Å². The Morgan fingerprint density at radius 1 is 1.16 bits per heavy atom. The third kappa shape index (κ3) is 3.22. The summed E-state index contributed by atoms with van der Waals surface area (Å²) in [5.41, 5.74) is 3.86. The van der Waals surface area contributed by atoms with E-state index < -0.39 is 5.41 Å². The average Bonchev–Trinajstić information content (AvgIpc) is 2.82. The van der Waals surface area contributed by atoms with Gasteiger partial charge in [-0.05, 0) is 49.2 Å². The number of carbonyl (C=O) groups is 2. The quantitative estimate of drug-likeness (QED) is 0.902. The molecule has 2 N–H and O–H groups in total. The lowest BCUT2D eigenvalue weighted by Crippen LogP contribution is -2.27. The first-order chi connectivity index (χ1) is 11.8. The van der Waals surface area contributed by atoms with Crippen LogP contribution in [-0.4, -0.2) is 25.9 Å². The van der Waals surface area contributed by atoms with Crippen molar-refractivity contribution in [1.29, 1.82) is 0 Å². The van der Waals surface area contributed by atoms with Gasteiger partial charge in [-0.15, -0.1) is 0 Å². The van der Waals surface area contributed by atoms with Gasteiger partial charge in [0, 0.05) is 37.6 Å². The van der Waals surface area contributed by atoms with Crippen LogP contribution in [0.15, 0.2) is 42.5 Å². The molecule has 5 nitrogen and oxygen atoms in total. The zero-order chi connectivity index (χ0) is 18.2. The topological polar surface area (TPSA) is 61.4 Å². The third-order valence-electron chi connectivity index (χ3n) is 4.65. The number of benzene rings is 2. The fraction of sp³-hybridized carbons (Fsp3) is 0.300. The molecule has 0 bridgehead atoms. The molecule has 2 aromatic carbocycles. The fourth-order valence-corrected chi connectivity index (χ4v) is 2.94. The maximum Gasteiger partial charge on any atom is 0.251 e. The van der Waals surface area contributed by atoms with Gasteiger partial charge in [0.2, 0.25) is 5.91 Å². The summed E-state index contributed by atoms with van der Waals surface area (Å²) in [4.78, 5) is 26.4.